The summed E-state index contributed by atoms with van der Waals surface area (Å²) in [7, 11) is -3.52. The number of benzene rings is 1. The third-order valence-corrected chi connectivity index (χ3v) is 3.13. The van der Waals surface area contributed by atoms with Gasteiger partial charge in [0.05, 0.1) is 11.8 Å². The standard InChI is InChI=1S/C11H15N3O3S/c1-11(2)12-9-7-5-4-6-8(9)10(15)14(11)13-18(3,16)17/h4-7,12-13H,1-3H3. The highest BCUT2D eigenvalue weighted by Gasteiger charge is 2.39. The van der Waals surface area contributed by atoms with E-state index in [4.69, 9.17) is 0 Å². The molecular formula is C11H15N3O3S. The summed E-state index contributed by atoms with van der Waals surface area (Å²) >= 11 is 0. The Bertz CT molecular complexity index is 595. The van der Waals surface area contributed by atoms with Gasteiger partial charge in [0.1, 0.15) is 5.66 Å². The smallest absolute Gasteiger partial charge is 0.273 e. The molecule has 18 heavy (non-hydrogen) atoms. The number of carbonyl (C=O) groups excluding carboxylic acids is 1. The summed E-state index contributed by atoms with van der Waals surface area (Å²) in [5.41, 5.74) is 0.293. The number of para-hydroxylation sites is 1. The molecule has 0 fully saturated rings. The van der Waals surface area contributed by atoms with Crippen LogP contribution in [0.25, 0.3) is 0 Å². The number of rotatable bonds is 2. The molecule has 1 aliphatic heterocycles. The van der Waals surface area contributed by atoms with Crippen molar-refractivity contribution in [1.29, 1.82) is 0 Å². The quantitative estimate of drug-likeness (QED) is 0.830. The number of sulfonamides is 1. The van der Waals surface area contributed by atoms with Gasteiger partial charge in [-0.25, -0.2) is 13.4 Å². The molecule has 98 valence electrons. The maximum atomic E-state index is 12.3. The van der Waals surface area contributed by atoms with Crippen molar-refractivity contribution in [3.63, 3.8) is 0 Å². The Morgan fingerprint density at radius 3 is 2.50 bits per heavy atom. The first kappa shape index (κ1) is 12.8. The zero-order valence-corrected chi connectivity index (χ0v) is 11.2. The van der Waals surface area contributed by atoms with Gasteiger partial charge >= 0.3 is 0 Å². The van der Waals surface area contributed by atoms with Crippen LogP contribution in [0.2, 0.25) is 0 Å². The number of carbonyl (C=O) groups is 1. The highest BCUT2D eigenvalue weighted by Crippen LogP contribution is 2.29. The van der Waals surface area contributed by atoms with Gasteiger partial charge in [-0.15, -0.1) is 4.83 Å². The van der Waals surface area contributed by atoms with Crippen LogP contribution in [0.1, 0.15) is 24.2 Å². The molecule has 0 spiro atoms. The van der Waals surface area contributed by atoms with Crippen molar-refractivity contribution in [2.45, 2.75) is 19.5 Å². The van der Waals surface area contributed by atoms with Crippen LogP contribution in [-0.4, -0.2) is 31.3 Å². The van der Waals surface area contributed by atoms with Crippen LogP contribution < -0.4 is 10.1 Å². The lowest BCUT2D eigenvalue weighted by molar-refractivity contribution is 0.0506. The fraction of sp³-hybridized carbons (Fsp3) is 0.364. The van der Waals surface area contributed by atoms with Crippen molar-refractivity contribution < 1.29 is 13.2 Å². The summed E-state index contributed by atoms with van der Waals surface area (Å²) in [5, 5.41) is 4.21. The third kappa shape index (κ3) is 2.32. The molecular weight excluding hydrogens is 254 g/mol. The van der Waals surface area contributed by atoms with Gasteiger partial charge in [0.2, 0.25) is 10.0 Å². The number of hydrazine groups is 1. The van der Waals surface area contributed by atoms with E-state index in [-0.39, 0.29) is 5.91 Å². The van der Waals surface area contributed by atoms with Crippen molar-refractivity contribution in [3.05, 3.63) is 29.8 Å². The number of fused-ring (bicyclic) bond motifs is 1. The Morgan fingerprint density at radius 1 is 1.28 bits per heavy atom. The number of anilines is 1. The van der Waals surface area contributed by atoms with Gasteiger partial charge in [0.15, 0.2) is 0 Å². The normalized spacial score (nSPS) is 18.2. The molecule has 0 unspecified atom stereocenters. The lowest BCUT2D eigenvalue weighted by Gasteiger charge is -2.43. The molecule has 2 N–H and O–H groups in total. The minimum absolute atomic E-state index is 0.375. The molecule has 0 atom stereocenters. The third-order valence-electron chi connectivity index (χ3n) is 2.62. The average molecular weight is 269 g/mol. The molecule has 1 aromatic carbocycles. The lowest BCUT2D eigenvalue weighted by Crippen LogP contribution is -2.62. The number of nitrogens with zero attached hydrogens (tertiary/aromatic N) is 1. The van der Waals surface area contributed by atoms with Crippen LogP contribution in [-0.2, 0) is 10.0 Å². The predicted octanol–water partition coefficient (Wildman–Crippen LogP) is 0.755. The van der Waals surface area contributed by atoms with Gasteiger partial charge in [-0.3, -0.25) is 4.79 Å². The molecule has 1 aromatic rings. The van der Waals surface area contributed by atoms with E-state index >= 15 is 0 Å². The number of hydrogen-bond acceptors (Lipinski definition) is 4. The molecule has 0 bridgehead atoms. The fourth-order valence-corrected chi connectivity index (χ4v) is 2.50. The van der Waals surface area contributed by atoms with E-state index < -0.39 is 15.7 Å². The SMILES string of the molecule is CC1(C)Nc2ccccc2C(=O)N1NS(C)(=O)=O. The molecule has 2 rings (SSSR count). The van der Waals surface area contributed by atoms with Gasteiger partial charge in [0.25, 0.3) is 5.91 Å². The second kappa shape index (κ2) is 3.96. The molecule has 1 amide bonds. The molecule has 1 heterocycles. The van der Waals surface area contributed by atoms with Gasteiger partial charge in [0, 0.05) is 5.69 Å². The van der Waals surface area contributed by atoms with Crippen LogP contribution in [0, 0.1) is 0 Å². The fourth-order valence-electron chi connectivity index (χ4n) is 1.86. The van der Waals surface area contributed by atoms with Crippen molar-refractivity contribution in [3.8, 4) is 0 Å². The zero-order valence-electron chi connectivity index (χ0n) is 10.4. The van der Waals surface area contributed by atoms with Crippen LogP contribution in [0.15, 0.2) is 24.3 Å². The number of hydrogen-bond donors (Lipinski definition) is 2. The maximum absolute atomic E-state index is 12.3. The molecule has 0 radical (unpaired) electrons. The van der Waals surface area contributed by atoms with E-state index in [1.807, 2.05) is 6.07 Å². The van der Waals surface area contributed by atoms with E-state index in [1.165, 1.54) is 0 Å². The summed E-state index contributed by atoms with van der Waals surface area (Å²) < 4.78 is 22.6. The monoisotopic (exact) mass is 269 g/mol. The van der Waals surface area contributed by atoms with Crippen LogP contribution in [0.3, 0.4) is 0 Å². The first-order chi connectivity index (χ1) is 8.21. The first-order valence-electron chi connectivity index (χ1n) is 5.40. The Kier molecular flexibility index (Phi) is 2.83. The first-order valence-corrected chi connectivity index (χ1v) is 7.29. The highest BCUT2D eigenvalue weighted by molar-refractivity contribution is 7.88. The molecule has 7 heteroatoms. The lowest BCUT2D eigenvalue weighted by atomic mass is 10.0. The summed E-state index contributed by atoms with van der Waals surface area (Å²) in [6.45, 7) is 3.44. The largest absolute Gasteiger partial charge is 0.361 e. The minimum atomic E-state index is -3.52. The molecule has 6 nitrogen and oxygen atoms in total. The van der Waals surface area contributed by atoms with Crippen LogP contribution in [0.5, 0.6) is 0 Å². The summed E-state index contributed by atoms with van der Waals surface area (Å²) in [5.74, 6) is -0.375. The van der Waals surface area contributed by atoms with Crippen LogP contribution in [0.4, 0.5) is 5.69 Å². The van der Waals surface area contributed by atoms with Gasteiger partial charge in [-0.2, -0.15) is 0 Å². The van der Waals surface area contributed by atoms with Crippen molar-refractivity contribution in [2.24, 2.45) is 0 Å². The van der Waals surface area contributed by atoms with Crippen molar-refractivity contribution >= 4 is 21.6 Å². The zero-order chi connectivity index (χ0) is 13.6. The Balaban J connectivity index is 2.47. The Hall–Kier alpha value is -1.60. The summed E-state index contributed by atoms with van der Waals surface area (Å²) in [6, 6.07) is 6.98. The molecule has 1 aliphatic rings. The molecule has 0 aliphatic carbocycles. The van der Waals surface area contributed by atoms with E-state index in [2.05, 4.69) is 10.1 Å². The average Bonchev–Trinajstić information content (AvgIpc) is 2.22. The molecule has 0 saturated heterocycles. The van der Waals surface area contributed by atoms with E-state index in [9.17, 15) is 13.2 Å². The van der Waals surface area contributed by atoms with E-state index in [0.29, 0.717) is 11.3 Å². The van der Waals surface area contributed by atoms with Gasteiger partial charge in [-0.1, -0.05) is 12.1 Å². The maximum Gasteiger partial charge on any atom is 0.273 e. The van der Waals surface area contributed by atoms with Gasteiger partial charge < -0.3 is 5.32 Å². The second-order valence-corrected chi connectivity index (χ2v) is 6.46. The summed E-state index contributed by atoms with van der Waals surface area (Å²) in [4.78, 5) is 14.5. The van der Waals surface area contributed by atoms with Crippen molar-refractivity contribution in [1.82, 2.24) is 9.84 Å². The summed E-state index contributed by atoms with van der Waals surface area (Å²) in [6.07, 6.45) is 1.01. The minimum Gasteiger partial charge on any atom is -0.361 e. The second-order valence-electron chi connectivity index (χ2n) is 4.73. The predicted molar refractivity (Wildman–Crippen MR) is 68.3 cm³/mol. The van der Waals surface area contributed by atoms with E-state index in [1.54, 1.807) is 32.0 Å². The van der Waals surface area contributed by atoms with Crippen molar-refractivity contribution in [2.75, 3.05) is 11.6 Å². The molecule has 0 aromatic heterocycles. The highest BCUT2D eigenvalue weighted by atomic mass is 32.2. The molecule has 0 saturated carbocycles. The Morgan fingerprint density at radius 2 is 1.89 bits per heavy atom. The number of amides is 1. The topological polar surface area (TPSA) is 78.5 Å². The van der Waals surface area contributed by atoms with Gasteiger partial charge in [-0.05, 0) is 26.0 Å². The van der Waals surface area contributed by atoms with Crippen LogP contribution >= 0.6 is 0 Å². The Labute approximate surface area is 106 Å². The van der Waals surface area contributed by atoms with E-state index in [0.717, 1.165) is 11.3 Å². The number of nitrogens with one attached hydrogen (secondary N) is 2.